The van der Waals surface area contributed by atoms with Crippen molar-refractivity contribution in [2.24, 2.45) is 0 Å². The highest BCUT2D eigenvalue weighted by Crippen LogP contribution is 2.33. The van der Waals surface area contributed by atoms with Gasteiger partial charge in [-0.1, -0.05) is 6.08 Å². The standard InChI is InChI=1S/C14H14F3N3O3.C12H10F3N3O/c1-2-23-12(22)6-5-11(21)18-13-9-4-3-8(14(15,16)17)7-10(9)19-20-13;1-2-3-10(19)16-11-8-5-4-7(12(13,14)15)6-9(8)17-18-11/h3-4,7H,2,5-6H2,1H3,(H2,18,19,20,21);2-6H,1H3,(H2,16,17,18,19)/b;3-2+. The number of rotatable bonds is 7. The molecule has 16 heteroatoms. The molecule has 224 valence electrons. The lowest BCUT2D eigenvalue weighted by Crippen LogP contribution is -2.15. The molecule has 4 N–H and O–H groups in total. The third-order valence-electron chi connectivity index (χ3n) is 5.46. The topological polar surface area (TPSA) is 142 Å². The molecule has 10 nitrogen and oxygen atoms in total. The number of aromatic nitrogens is 4. The van der Waals surface area contributed by atoms with Crippen molar-refractivity contribution < 1.29 is 45.5 Å². The van der Waals surface area contributed by atoms with Crippen LogP contribution >= 0.6 is 0 Å². The molecule has 0 bridgehead atoms. The highest BCUT2D eigenvalue weighted by molar-refractivity contribution is 6.04. The zero-order chi connectivity index (χ0) is 31.1. The van der Waals surface area contributed by atoms with Crippen LogP contribution in [0.4, 0.5) is 38.0 Å². The number of alkyl halides is 6. The van der Waals surface area contributed by atoms with Crippen molar-refractivity contribution in [3.63, 3.8) is 0 Å². The number of H-pyrrole nitrogens is 2. The van der Waals surface area contributed by atoms with Crippen molar-refractivity contribution in [1.82, 2.24) is 20.4 Å². The molecule has 4 aromatic rings. The molecule has 2 amide bonds. The van der Waals surface area contributed by atoms with Gasteiger partial charge in [0.2, 0.25) is 11.8 Å². The first kappa shape index (κ1) is 31.6. The van der Waals surface area contributed by atoms with E-state index in [1.165, 1.54) is 18.2 Å². The van der Waals surface area contributed by atoms with E-state index in [-0.39, 0.29) is 42.1 Å². The highest BCUT2D eigenvalue weighted by atomic mass is 19.4. The largest absolute Gasteiger partial charge is 0.466 e. The van der Waals surface area contributed by atoms with Crippen LogP contribution in [0.25, 0.3) is 21.8 Å². The van der Waals surface area contributed by atoms with Crippen molar-refractivity contribution >= 4 is 51.2 Å². The van der Waals surface area contributed by atoms with Crippen LogP contribution in [0.15, 0.2) is 48.6 Å². The van der Waals surface area contributed by atoms with Gasteiger partial charge < -0.3 is 15.4 Å². The van der Waals surface area contributed by atoms with Crippen LogP contribution < -0.4 is 10.6 Å². The number of benzene rings is 2. The van der Waals surface area contributed by atoms with Gasteiger partial charge >= 0.3 is 18.3 Å². The Morgan fingerprint density at radius 3 is 1.79 bits per heavy atom. The monoisotopic (exact) mass is 598 g/mol. The number of anilines is 2. The maximum atomic E-state index is 12.6. The molecule has 2 aromatic heterocycles. The number of allylic oxidation sites excluding steroid dienone is 1. The van der Waals surface area contributed by atoms with E-state index < -0.39 is 41.3 Å². The summed E-state index contributed by atoms with van der Waals surface area (Å²) in [5.74, 6) is -1.05. The zero-order valence-corrected chi connectivity index (χ0v) is 22.0. The Hall–Kier alpha value is -4.89. The second kappa shape index (κ2) is 13.2. The minimum Gasteiger partial charge on any atom is -0.466 e. The SMILES string of the molecule is C/C=C/C(=O)Nc1n[nH]c2cc(C(F)(F)F)ccc12.CCOC(=O)CCC(=O)Nc1n[nH]c2cc(C(F)(F)F)ccc12. The van der Waals surface area contributed by atoms with Crippen LogP contribution in [0.2, 0.25) is 0 Å². The number of nitrogens with zero attached hydrogens (tertiary/aromatic N) is 2. The molecular weight excluding hydrogens is 574 g/mol. The van der Waals surface area contributed by atoms with Crippen LogP contribution in [-0.4, -0.2) is 44.8 Å². The molecule has 0 radical (unpaired) electrons. The molecule has 0 saturated heterocycles. The van der Waals surface area contributed by atoms with Crippen molar-refractivity contribution in [2.45, 2.75) is 39.0 Å². The zero-order valence-electron chi connectivity index (χ0n) is 22.0. The first-order chi connectivity index (χ1) is 19.7. The summed E-state index contributed by atoms with van der Waals surface area (Å²) in [6.45, 7) is 3.56. The number of aromatic amines is 2. The number of halogens is 6. The molecule has 0 spiro atoms. The van der Waals surface area contributed by atoms with E-state index in [1.807, 2.05) is 0 Å². The van der Waals surface area contributed by atoms with Crippen molar-refractivity contribution in [3.05, 3.63) is 59.7 Å². The van der Waals surface area contributed by atoms with Gasteiger partial charge in [-0.15, -0.1) is 0 Å². The van der Waals surface area contributed by atoms with E-state index in [9.17, 15) is 40.7 Å². The van der Waals surface area contributed by atoms with Gasteiger partial charge in [-0.3, -0.25) is 24.6 Å². The van der Waals surface area contributed by atoms with Gasteiger partial charge in [0, 0.05) is 17.2 Å². The number of hydrogen-bond acceptors (Lipinski definition) is 6. The summed E-state index contributed by atoms with van der Waals surface area (Å²) in [5.41, 5.74) is -1.21. The first-order valence-electron chi connectivity index (χ1n) is 12.2. The molecule has 0 saturated carbocycles. The maximum Gasteiger partial charge on any atom is 0.416 e. The van der Waals surface area contributed by atoms with Crippen molar-refractivity contribution in [1.29, 1.82) is 0 Å². The van der Waals surface area contributed by atoms with E-state index in [0.717, 1.165) is 24.3 Å². The van der Waals surface area contributed by atoms with Crippen LogP contribution in [0.1, 0.15) is 37.8 Å². The van der Waals surface area contributed by atoms with E-state index in [1.54, 1.807) is 19.9 Å². The van der Waals surface area contributed by atoms with Gasteiger partial charge in [-0.2, -0.15) is 36.5 Å². The van der Waals surface area contributed by atoms with E-state index >= 15 is 0 Å². The minimum atomic E-state index is -4.46. The fourth-order valence-electron chi connectivity index (χ4n) is 3.54. The Balaban J connectivity index is 0.000000235. The number of fused-ring (bicyclic) bond motifs is 2. The molecule has 4 rings (SSSR count). The second-order valence-corrected chi connectivity index (χ2v) is 8.50. The van der Waals surface area contributed by atoms with E-state index in [0.29, 0.717) is 10.8 Å². The predicted molar refractivity (Wildman–Crippen MR) is 140 cm³/mol. The second-order valence-electron chi connectivity index (χ2n) is 8.50. The van der Waals surface area contributed by atoms with Gasteiger partial charge in [0.05, 0.1) is 35.2 Å². The Morgan fingerprint density at radius 2 is 1.33 bits per heavy atom. The van der Waals surface area contributed by atoms with Crippen LogP contribution in [0.5, 0.6) is 0 Å². The van der Waals surface area contributed by atoms with Gasteiger partial charge in [0.25, 0.3) is 0 Å². The third kappa shape index (κ3) is 8.31. The molecule has 0 atom stereocenters. The number of esters is 1. The quantitative estimate of drug-likeness (QED) is 0.118. The summed E-state index contributed by atoms with van der Waals surface area (Å²) in [7, 11) is 0. The van der Waals surface area contributed by atoms with E-state index in [4.69, 9.17) is 4.74 Å². The first-order valence-corrected chi connectivity index (χ1v) is 12.2. The summed E-state index contributed by atoms with van der Waals surface area (Å²) in [6.07, 6.45) is -6.21. The predicted octanol–water partition coefficient (Wildman–Crippen LogP) is 5.96. The third-order valence-corrected chi connectivity index (χ3v) is 5.46. The van der Waals surface area contributed by atoms with Gasteiger partial charge in [0.1, 0.15) is 0 Å². The van der Waals surface area contributed by atoms with Crippen molar-refractivity contribution in [2.75, 3.05) is 17.2 Å². The fraction of sp³-hybridized carbons (Fsp3) is 0.269. The maximum absolute atomic E-state index is 12.6. The average molecular weight is 599 g/mol. The highest BCUT2D eigenvalue weighted by Gasteiger charge is 2.31. The molecule has 42 heavy (non-hydrogen) atoms. The molecule has 0 unspecified atom stereocenters. The molecule has 0 aliphatic carbocycles. The molecule has 0 fully saturated rings. The summed E-state index contributed by atoms with van der Waals surface area (Å²) in [6, 6.07) is 6.22. The number of carbonyl (C=O) groups excluding carboxylic acids is 3. The molecular formula is C26H24F6N6O4. The minimum absolute atomic E-state index is 0.0831. The summed E-state index contributed by atoms with van der Waals surface area (Å²) in [4.78, 5) is 34.2. The van der Waals surface area contributed by atoms with Gasteiger partial charge in [-0.05, 0) is 56.3 Å². The molecule has 0 aliphatic rings. The van der Waals surface area contributed by atoms with Crippen LogP contribution in [0.3, 0.4) is 0 Å². The summed E-state index contributed by atoms with van der Waals surface area (Å²) >= 11 is 0. The van der Waals surface area contributed by atoms with Crippen molar-refractivity contribution in [3.8, 4) is 0 Å². The lowest BCUT2D eigenvalue weighted by Gasteiger charge is -2.06. The summed E-state index contributed by atoms with van der Waals surface area (Å²) in [5, 5.41) is 18.2. The fourth-order valence-corrected chi connectivity index (χ4v) is 3.54. The molecule has 2 heterocycles. The van der Waals surface area contributed by atoms with Crippen LogP contribution in [0, 0.1) is 0 Å². The number of amides is 2. The molecule has 0 aliphatic heterocycles. The Morgan fingerprint density at radius 1 is 0.833 bits per heavy atom. The lowest BCUT2D eigenvalue weighted by atomic mass is 10.1. The summed E-state index contributed by atoms with van der Waals surface area (Å²) < 4.78 is 80.1. The smallest absolute Gasteiger partial charge is 0.416 e. The average Bonchev–Trinajstić information content (AvgIpc) is 3.50. The normalized spacial score (nSPS) is 11.8. The Labute approximate surface area is 233 Å². The van der Waals surface area contributed by atoms with Gasteiger partial charge in [-0.25, -0.2) is 0 Å². The Kier molecular flexibility index (Phi) is 9.93. The van der Waals surface area contributed by atoms with E-state index in [2.05, 4.69) is 31.0 Å². The van der Waals surface area contributed by atoms with Crippen LogP contribution in [-0.2, 0) is 31.5 Å². The number of carbonyl (C=O) groups is 3. The Bertz CT molecular complexity index is 1610. The number of nitrogens with one attached hydrogen (secondary N) is 4. The number of hydrogen-bond donors (Lipinski definition) is 4. The molecule has 2 aromatic carbocycles. The lowest BCUT2D eigenvalue weighted by molar-refractivity contribution is -0.144. The number of ether oxygens (including phenoxy) is 1. The van der Waals surface area contributed by atoms with Gasteiger partial charge in [0.15, 0.2) is 11.6 Å².